The van der Waals surface area contributed by atoms with Crippen LogP contribution in [0.5, 0.6) is 0 Å². The van der Waals surface area contributed by atoms with Crippen molar-refractivity contribution in [3.8, 4) is 0 Å². The molecule has 1 aliphatic rings. The van der Waals surface area contributed by atoms with Crippen LogP contribution in [0.4, 0.5) is 11.5 Å². The van der Waals surface area contributed by atoms with Crippen molar-refractivity contribution >= 4 is 22.7 Å². The number of hydrogen-bond acceptors (Lipinski definition) is 4. The summed E-state index contributed by atoms with van der Waals surface area (Å²) >= 11 is 0. The Hall–Kier alpha value is -2.43. The molecular weight excluding hydrogens is 286 g/mol. The minimum absolute atomic E-state index is 0.802. The van der Waals surface area contributed by atoms with Gasteiger partial charge in [0.05, 0.1) is 0 Å². The number of benzene rings is 1. The van der Waals surface area contributed by atoms with Crippen molar-refractivity contribution in [3.05, 3.63) is 42.0 Å². The summed E-state index contributed by atoms with van der Waals surface area (Å²) in [5.41, 5.74) is 4.21. The van der Waals surface area contributed by atoms with Gasteiger partial charge in [-0.15, -0.1) is 0 Å². The van der Waals surface area contributed by atoms with Crippen LogP contribution in [0.1, 0.15) is 37.6 Å². The van der Waals surface area contributed by atoms with Crippen molar-refractivity contribution < 1.29 is 0 Å². The molecule has 3 heterocycles. The molecule has 0 bridgehead atoms. The number of hydrogen-bond donors (Lipinski definition) is 1. The second kappa shape index (κ2) is 5.99. The third kappa shape index (κ3) is 2.56. The van der Waals surface area contributed by atoms with E-state index in [1.54, 1.807) is 6.33 Å². The molecule has 0 radical (unpaired) electrons. The highest BCUT2D eigenvalue weighted by atomic mass is 15.2. The van der Waals surface area contributed by atoms with E-state index in [0.717, 1.165) is 47.9 Å². The van der Waals surface area contributed by atoms with Gasteiger partial charge < -0.3 is 9.88 Å². The normalized spacial score (nSPS) is 14.5. The van der Waals surface area contributed by atoms with Gasteiger partial charge in [0.25, 0.3) is 0 Å². The Morgan fingerprint density at radius 3 is 2.96 bits per heavy atom. The van der Waals surface area contributed by atoms with Crippen LogP contribution in [-0.2, 0) is 19.4 Å². The molecule has 0 spiro atoms. The standard InChI is InChI=1S/C18H21N5/c1-2-13-8-5-6-9-14(13)21-17-16-18(20-12-19-17)23-11-7-3-4-10-15(23)22-16/h5-6,8-9,12H,2-4,7,10-11H2,1H3,(H,19,20,21). The number of imidazole rings is 1. The zero-order valence-electron chi connectivity index (χ0n) is 13.4. The molecule has 5 heteroatoms. The minimum atomic E-state index is 0.802. The van der Waals surface area contributed by atoms with Gasteiger partial charge in [0.15, 0.2) is 17.0 Å². The van der Waals surface area contributed by atoms with E-state index in [0.29, 0.717) is 0 Å². The van der Waals surface area contributed by atoms with E-state index < -0.39 is 0 Å². The molecule has 3 aromatic rings. The van der Waals surface area contributed by atoms with Crippen LogP contribution >= 0.6 is 0 Å². The highest BCUT2D eigenvalue weighted by Gasteiger charge is 2.17. The highest BCUT2D eigenvalue weighted by molar-refractivity contribution is 5.86. The van der Waals surface area contributed by atoms with Crippen molar-refractivity contribution in [2.45, 2.75) is 45.6 Å². The summed E-state index contributed by atoms with van der Waals surface area (Å²) in [5, 5.41) is 3.46. The van der Waals surface area contributed by atoms with Gasteiger partial charge in [0.1, 0.15) is 12.2 Å². The zero-order valence-corrected chi connectivity index (χ0v) is 13.4. The summed E-state index contributed by atoms with van der Waals surface area (Å²) in [6.45, 7) is 3.17. The van der Waals surface area contributed by atoms with Crippen molar-refractivity contribution in [3.63, 3.8) is 0 Å². The first-order valence-electron chi connectivity index (χ1n) is 8.42. The van der Waals surface area contributed by atoms with E-state index in [1.165, 1.54) is 24.8 Å². The Bertz CT molecular complexity index is 837. The predicted octanol–water partition coefficient (Wildman–Crippen LogP) is 3.86. The lowest BCUT2D eigenvalue weighted by Gasteiger charge is -2.10. The molecule has 118 valence electrons. The molecule has 0 atom stereocenters. The maximum Gasteiger partial charge on any atom is 0.165 e. The lowest BCUT2D eigenvalue weighted by atomic mass is 10.1. The molecular formula is C18H21N5. The van der Waals surface area contributed by atoms with Crippen LogP contribution in [0, 0.1) is 0 Å². The van der Waals surface area contributed by atoms with E-state index in [-0.39, 0.29) is 0 Å². The number of aromatic nitrogens is 4. The van der Waals surface area contributed by atoms with Crippen LogP contribution in [0.25, 0.3) is 11.2 Å². The van der Waals surface area contributed by atoms with Crippen LogP contribution < -0.4 is 5.32 Å². The third-order valence-corrected chi connectivity index (χ3v) is 4.54. The van der Waals surface area contributed by atoms with Gasteiger partial charge in [-0.3, -0.25) is 0 Å². The van der Waals surface area contributed by atoms with Crippen LogP contribution in [0.3, 0.4) is 0 Å². The number of anilines is 2. The van der Waals surface area contributed by atoms with Crippen LogP contribution in [0.15, 0.2) is 30.6 Å². The van der Waals surface area contributed by atoms with E-state index in [9.17, 15) is 0 Å². The number of nitrogens with zero attached hydrogens (tertiary/aromatic N) is 4. The summed E-state index contributed by atoms with van der Waals surface area (Å²) in [7, 11) is 0. The van der Waals surface area contributed by atoms with Gasteiger partial charge in [-0.2, -0.15) is 0 Å². The van der Waals surface area contributed by atoms with E-state index in [2.05, 4.69) is 45.0 Å². The maximum atomic E-state index is 4.84. The number of para-hydroxylation sites is 1. The summed E-state index contributed by atoms with van der Waals surface area (Å²) < 4.78 is 2.26. The maximum absolute atomic E-state index is 4.84. The van der Waals surface area contributed by atoms with E-state index in [4.69, 9.17) is 4.98 Å². The van der Waals surface area contributed by atoms with Gasteiger partial charge in [-0.05, 0) is 30.9 Å². The molecule has 0 fully saturated rings. The smallest absolute Gasteiger partial charge is 0.165 e. The van der Waals surface area contributed by atoms with Crippen molar-refractivity contribution in [1.82, 2.24) is 19.5 Å². The number of rotatable bonds is 3. The first-order chi connectivity index (χ1) is 11.4. The minimum Gasteiger partial charge on any atom is -0.338 e. The Labute approximate surface area is 135 Å². The zero-order chi connectivity index (χ0) is 15.6. The Morgan fingerprint density at radius 1 is 1.13 bits per heavy atom. The molecule has 1 aromatic carbocycles. The van der Waals surface area contributed by atoms with Crippen molar-refractivity contribution in [2.75, 3.05) is 5.32 Å². The Balaban J connectivity index is 1.79. The molecule has 1 aliphatic heterocycles. The number of aryl methyl sites for hydroxylation is 3. The fraction of sp³-hybridized carbons (Fsp3) is 0.389. The van der Waals surface area contributed by atoms with Crippen molar-refractivity contribution in [1.29, 1.82) is 0 Å². The molecule has 5 nitrogen and oxygen atoms in total. The average molecular weight is 307 g/mol. The molecule has 0 unspecified atom stereocenters. The molecule has 0 saturated heterocycles. The molecule has 0 saturated carbocycles. The summed E-state index contributed by atoms with van der Waals surface area (Å²) in [4.78, 5) is 13.8. The second-order valence-electron chi connectivity index (χ2n) is 6.02. The van der Waals surface area contributed by atoms with Gasteiger partial charge >= 0.3 is 0 Å². The largest absolute Gasteiger partial charge is 0.338 e. The molecule has 0 amide bonds. The second-order valence-corrected chi connectivity index (χ2v) is 6.02. The van der Waals surface area contributed by atoms with Crippen molar-refractivity contribution in [2.24, 2.45) is 0 Å². The van der Waals surface area contributed by atoms with Gasteiger partial charge in [0.2, 0.25) is 0 Å². The monoisotopic (exact) mass is 307 g/mol. The molecule has 1 N–H and O–H groups in total. The Kier molecular flexibility index (Phi) is 3.69. The number of nitrogens with one attached hydrogen (secondary N) is 1. The van der Waals surface area contributed by atoms with Crippen LogP contribution in [-0.4, -0.2) is 19.5 Å². The molecule has 23 heavy (non-hydrogen) atoms. The summed E-state index contributed by atoms with van der Waals surface area (Å²) in [6.07, 6.45) is 7.32. The van der Waals surface area contributed by atoms with E-state index in [1.807, 2.05) is 6.07 Å². The first-order valence-corrected chi connectivity index (χ1v) is 8.42. The fourth-order valence-corrected chi connectivity index (χ4v) is 3.31. The highest BCUT2D eigenvalue weighted by Crippen LogP contribution is 2.27. The third-order valence-electron chi connectivity index (χ3n) is 4.54. The van der Waals surface area contributed by atoms with Gasteiger partial charge in [-0.25, -0.2) is 15.0 Å². The number of fused-ring (bicyclic) bond motifs is 3. The van der Waals surface area contributed by atoms with E-state index >= 15 is 0 Å². The molecule has 4 rings (SSSR count). The molecule has 2 aromatic heterocycles. The average Bonchev–Trinajstić information content (AvgIpc) is 2.78. The SMILES string of the molecule is CCc1ccccc1Nc1ncnc2c1nc1n2CCCCC1. The first kappa shape index (κ1) is 14.2. The Morgan fingerprint density at radius 2 is 2.04 bits per heavy atom. The molecule has 0 aliphatic carbocycles. The van der Waals surface area contributed by atoms with Gasteiger partial charge in [-0.1, -0.05) is 31.5 Å². The summed E-state index contributed by atoms with van der Waals surface area (Å²) in [5.74, 6) is 1.95. The quantitative estimate of drug-likeness (QED) is 0.798. The lowest BCUT2D eigenvalue weighted by Crippen LogP contribution is -2.02. The fourth-order valence-electron chi connectivity index (χ4n) is 3.31. The summed E-state index contributed by atoms with van der Waals surface area (Å²) in [6, 6.07) is 8.34. The predicted molar refractivity (Wildman–Crippen MR) is 92.0 cm³/mol. The lowest BCUT2D eigenvalue weighted by molar-refractivity contribution is 0.643. The van der Waals surface area contributed by atoms with Crippen LogP contribution in [0.2, 0.25) is 0 Å². The van der Waals surface area contributed by atoms with Gasteiger partial charge in [0, 0.05) is 18.7 Å². The topological polar surface area (TPSA) is 55.6 Å².